The Morgan fingerprint density at radius 3 is 2.35 bits per heavy atom. The van der Waals surface area contributed by atoms with Gasteiger partial charge in [0.2, 0.25) is 5.91 Å². The lowest BCUT2D eigenvalue weighted by Gasteiger charge is -2.17. The third kappa shape index (κ3) is 4.95. The quantitative estimate of drug-likeness (QED) is 0.827. The van der Waals surface area contributed by atoms with Gasteiger partial charge >= 0.3 is 0 Å². The Balaban J connectivity index is 2.37. The lowest BCUT2D eigenvalue weighted by molar-refractivity contribution is -0.115. The molecule has 0 fully saturated rings. The van der Waals surface area contributed by atoms with Crippen molar-refractivity contribution >= 4 is 11.6 Å². The molecule has 0 heterocycles. The van der Waals surface area contributed by atoms with E-state index in [0.717, 1.165) is 0 Å². The van der Waals surface area contributed by atoms with Gasteiger partial charge in [-0.1, -0.05) is 13.8 Å². The van der Waals surface area contributed by atoms with Gasteiger partial charge in [-0.05, 0) is 37.1 Å². The fraction of sp³-hybridized carbons (Fsp3) is 0.462. The van der Waals surface area contributed by atoms with E-state index in [2.05, 4.69) is 24.5 Å². The van der Waals surface area contributed by atoms with E-state index in [1.807, 2.05) is 6.92 Å². The molecule has 3 nitrogen and oxygen atoms in total. The predicted molar refractivity (Wildman–Crippen MR) is 67.3 cm³/mol. The monoisotopic (exact) mass is 238 g/mol. The van der Waals surface area contributed by atoms with Crippen LogP contribution < -0.4 is 10.6 Å². The van der Waals surface area contributed by atoms with Crippen molar-refractivity contribution in [1.82, 2.24) is 5.32 Å². The van der Waals surface area contributed by atoms with E-state index in [0.29, 0.717) is 11.6 Å². The van der Waals surface area contributed by atoms with E-state index in [-0.39, 0.29) is 24.3 Å². The highest BCUT2D eigenvalue weighted by Gasteiger charge is 2.08. The third-order valence-corrected chi connectivity index (χ3v) is 2.71. The molecule has 0 radical (unpaired) electrons. The van der Waals surface area contributed by atoms with Crippen molar-refractivity contribution in [2.24, 2.45) is 5.92 Å². The number of anilines is 1. The Morgan fingerprint density at radius 2 is 1.82 bits per heavy atom. The average molecular weight is 238 g/mol. The van der Waals surface area contributed by atoms with Crippen LogP contribution in [0, 0.1) is 11.7 Å². The summed E-state index contributed by atoms with van der Waals surface area (Å²) in [7, 11) is 0. The van der Waals surface area contributed by atoms with Crippen LogP contribution in [0.2, 0.25) is 0 Å². The second kappa shape index (κ2) is 6.35. The van der Waals surface area contributed by atoms with Crippen LogP contribution in [-0.4, -0.2) is 18.5 Å². The number of nitrogens with one attached hydrogen (secondary N) is 2. The molecule has 2 N–H and O–H groups in total. The zero-order chi connectivity index (χ0) is 12.8. The molecule has 1 aromatic carbocycles. The highest BCUT2D eigenvalue weighted by molar-refractivity contribution is 5.92. The molecule has 1 rings (SSSR count). The molecule has 1 unspecified atom stereocenters. The van der Waals surface area contributed by atoms with Crippen LogP contribution in [0.1, 0.15) is 20.8 Å². The van der Waals surface area contributed by atoms with Crippen LogP contribution in [0.4, 0.5) is 10.1 Å². The summed E-state index contributed by atoms with van der Waals surface area (Å²) >= 11 is 0. The minimum Gasteiger partial charge on any atom is -0.325 e. The van der Waals surface area contributed by atoms with Crippen molar-refractivity contribution in [1.29, 1.82) is 0 Å². The number of halogens is 1. The van der Waals surface area contributed by atoms with Gasteiger partial charge in [-0.3, -0.25) is 4.79 Å². The van der Waals surface area contributed by atoms with Gasteiger partial charge in [0.25, 0.3) is 0 Å². The number of carbonyl (C=O) groups is 1. The minimum atomic E-state index is -0.311. The van der Waals surface area contributed by atoms with Gasteiger partial charge in [-0.15, -0.1) is 0 Å². The lowest BCUT2D eigenvalue weighted by atomic mass is 10.1. The maximum atomic E-state index is 12.6. The van der Waals surface area contributed by atoms with Crippen molar-refractivity contribution in [2.45, 2.75) is 26.8 Å². The van der Waals surface area contributed by atoms with Crippen molar-refractivity contribution in [3.8, 4) is 0 Å². The Hall–Kier alpha value is -1.42. The SMILES string of the molecule is CC(C)C(C)NCC(=O)Nc1ccc(F)cc1. The molecule has 1 atom stereocenters. The molecule has 1 aromatic rings. The molecule has 0 aliphatic heterocycles. The molecule has 0 spiro atoms. The first-order valence-electron chi connectivity index (χ1n) is 5.78. The molecule has 0 aromatic heterocycles. The summed E-state index contributed by atoms with van der Waals surface area (Å²) in [6, 6.07) is 6.01. The van der Waals surface area contributed by atoms with Crippen molar-refractivity contribution < 1.29 is 9.18 Å². The molecule has 94 valence electrons. The molecule has 0 aliphatic carbocycles. The number of benzene rings is 1. The zero-order valence-electron chi connectivity index (χ0n) is 10.5. The van der Waals surface area contributed by atoms with E-state index in [1.54, 1.807) is 12.1 Å². The van der Waals surface area contributed by atoms with E-state index in [4.69, 9.17) is 0 Å². The second-order valence-corrected chi connectivity index (χ2v) is 4.47. The first-order valence-corrected chi connectivity index (χ1v) is 5.78. The Bertz CT molecular complexity index is 362. The summed E-state index contributed by atoms with van der Waals surface area (Å²) in [5, 5.41) is 5.82. The van der Waals surface area contributed by atoms with Gasteiger partial charge in [0.1, 0.15) is 5.82 Å². The van der Waals surface area contributed by atoms with Gasteiger partial charge in [-0.2, -0.15) is 0 Å². The van der Waals surface area contributed by atoms with E-state index >= 15 is 0 Å². The van der Waals surface area contributed by atoms with E-state index in [9.17, 15) is 9.18 Å². The van der Waals surface area contributed by atoms with Gasteiger partial charge in [0, 0.05) is 11.7 Å². The highest BCUT2D eigenvalue weighted by atomic mass is 19.1. The number of carbonyl (C=O) groups excluding carboxylic acids is 1. The van der Waals surface area contributed by atoms with Crippen LogP contribution in [0.3, 0.4) is 0 Å². The summed E-state index contributed by atoms with van der Waals surface area (Å²) in [5.74, 6) is 0.0484. The Kier molecular flexibility index (Phi) is 5.10. The number of amides is 1. The fourth-order valence-corrected chi connectivity index (χ4v) is 1.23. The summed E-state index contributed by atoms with van der Waals surface area (Å²) in [5.41, 5.74) is 0.607. The van der Waals surface area contributed by atoms with Gasteiger partial charge in [0.15, 0.2) is 0 Å². The third-order valence-electron chi connectivity index (χ3n) is 2.71. The van der Waals surface area contributed by atoms with Crippen molar-refractivity contribution in [3.05, 3.63) is 30.1 Å². The molecular weight excluding hydrogens is 219 g/mol. The molecule has 1 amide bonds. The maximum Gasteiger partial charge on any atom is 0.238 e. The van der Waals surface area contributed by atoms with Crippen LogP contribution in [0.15, 0.2) is 24.3 Å². The first-order chi connectivity index (χ1) is 7.99. The van der Waals surface area contributed by atoms with Crippen molar-refractivity contribution in [3.63, 3.8) is 0 Å². The average Bonchev–Trinajstić information content (AvgIpc) is 2.29. The van der Waals surface area contributed by atoms with Crippen LogP contribution in [0.25, 0.3) is 0 Å². The highest BCUT2D eigenvalue weighted by Crippen LogP contribution is 2.07. The molecule has 0 saturated heterocycles. The Labute approximate surface area is 101 Å². The Morgan fingerprint density at radius 1 is 1.24 bits per heavy atom. The summed E-state index contributed by atoms with van der Waals surface area (Å²) in [4.78, 5) is 11.6. The minimum absolute atomic E-state index is 0.121. The first kappa shape index (κ1) is 13.6. The van der Waals surface area contributed by atoms with Crippen LogP contribution in [-0.2, 0) is 4.79 Å². The van der Waals surface area contributed by atoms with E-state index in [1.165, 1.54) is 12.1 Å². The smallest absolute Gasteiger partial charge is 0.238 e. The number of hydrogen-bond acceptors (Lipinski definition) is 2. The normalized spacial score (nSPS) is 12.5. The summed E-state index contributed by atoms with van der Waals surface area (Å²) < 4.78 is 12.6. The van der Waals surface area contributed by atoms with Gasteiger partial charge in [-0.25, -0.2) is 4.39 Å². The fourth-order valence-electron chi connectivity index (χ4n) is 1.23. The van der Waals surface area contributed by atoms with Gasteiger partial charge < -0.3 is 10.6 Å². The predicted octanol–water partition coefficient (Wildman–Crippen LogP) is 2.40. The molecule has 0 bridgehead atoms. The van der Waals surface area contributed by atoms with Crippen LogP contribution >= 0.6 is 0 Å². The van der Waals surface area contributed by atoms with Gasteiger partial charge in [0.05, 0.1) is 6.54 Å². The number of rotatable bonds is 5. The van der Waals surface area contributed by atoms with Crippen LogP contribution in [0.5, 0.6) is 0 Å². The molecule has 4 heteroatoms. The topological polar surface area (TPSA) is 41.1 Å². The summed E-state index contributed by atoms with van der Waals surface area (Å²) in [6.07, 6.45) is 0. The molecule has 17 heavy (non-hydrogen) atoms. The zero-order valence-corrected chi connectivity index (χ0v) is 10.5. The second-order valence-electron chi connectivity index (χ2n) is 4.47. The molecular formula is C13H19FN2O. The largest absolute Gasteiger partial charge is 0.325 e. The maximum absolute atomic E-state index is 12.6. The molecule has 0 aliphatic rings. The summed E-state index contributed by atoms with van der Waals surface area (Å²) in [6.45, 7) is 6.48. The van der Waals surface area contributed by atoms with Crippen molar-refractivity contribution in [2.75, 3.05) is 11.9 Å². The number of hydrogen-bond donors (Lipinski definition) is 2. The standard InChI is InChI=1S/C13H19FN2O/c1-9(2)10(3)15-8-13(17)16-12-6-4-11(14)5-7-12/h4-7,9-10,15H,8H2,1-3H3,(H,16,17). The van der Waals surface area contributed by atoms with E-state index < -0.39 is 0 Å². The lowest BCUT2D eigenvalue weighted by Crippen LogP contribution is -2.37. The molecule has 0 saturated carbocycles.